The van der Waals surface area contributed by atoms with Crippen LogP contribution in [0.1, 0.15) is 26.6 Å². The van der Waals surface area contributed by atoms with Gasteiger partial charge >= 0.3 is 12.1 Å². The number of nitrogens with one attached hydrogen (secondary N) is 1. The van der Waals surface area contributed by atoms with Crippen molar-refractivity contribution in [3.8, 4) is 22.7 Å². The molecule has 172 valence electrons. The summed E-state index contributed by atoms with van der Waals surface area (Å²) >= 11 is 0. The van der Waals surface area contributed by atoms with Gasteiger partial charge in [-0.1, -0.05) is 24.3 Å². The van der Waals surface area contributed by atoms with E-state index in [1.54, 1.807) is 18.2 Å². The van der Waals surface area contributed by atoms with Gasteiger partial charge < -0.3 is 14.8 Å². The second-order valence-electron chi connectivity index (χ2n) is 6.95. The van der Waals surface area contributed by atoms with Gasteiger partial charge in [0.15, 0.2) is 5.69 Å². The minimum Gasteiger partial charge on any atom is -0.478 e. The number of pyridine rings is 1. The Balaban J connectivity index is 1.58. The zero-order chi connectivity index (χ0) is 24.5. The summed E-state index contributed by atoms with van der Waals surface area (Å²) < 4.78 is 59.1. The molecule has 0 radical (unpaired) electrons. The van der Waals surface area contributed by atoms with Gasteiger partial charge in [0.05, 0.1) is 23.1 Å². The smallest absolute Gasteiger partial charge is 0.452 e. The first-order valence-corrected chi connectivity index (χ1v) is 9.57. The number of hydrogen-bond acceptors (Lipinski definition) is 5. The number of nitrogens with zero attached hydrogens (tertiary/aromatic N) is 2. The molecule has 0 atom stereocenters. The number of carboxylic acid groups (broad SMARTS) is 1. The van der Waals surface area contributed by atoms with Gasteiger partial charge in [0, 0.05) is 11.1 Å². The number of aromatic carboxylic acids is 1. The standard InChI is InChI=1S/C23H13F4N3O4/c24-16-10-13(6-8-15(16)22(32)33)17-9-7-14(11-28-17)29-20(31)18-19(23(25,26)27)34-21(30-18)12-4-2-1-3-5-12/h1-11H,(H,29,31)(H,32,33). The van der Waals surface area contributed by atoms with E-state index in [-0.39, 0.29) is 28.4 Å². The molecule has 34 heavy (non-hydrogen) atoms. The van der Waals surface area contributed by atoms with E-state index in [2.05, 4.69) is 15.3 Å². The molecule has 11 heteroatoms. The van der Waals surface area contributed by atoms with Crippen LogP contribution < -0.4 is 5.32 Å². The minimum absolute atomic E-state index is 0.0498. The van der Waals surface area contributed by atoms with Gasteiger partial charge in [0.1, 0.15) is 5.82 Å². The van der Waals surface area contributed by atoms with Gasteiger partial charge in [-0.3, -0.25) is 9.78 Å². The molecule has 0 fully saturated rings. The number of aromatic nitrogens is 2. The lowest BCUT2D eigenvalue weighted by Gasteiger charge is -2.07. The molecule has 2 heterocycles. The van der Waals surface area contributed by atoms with E-state index in [0.717, 1.165) is 18.3 Å². The third-order valence-corrected chi connectivity index (χ3v) is 4.64. The zero-order valence-electron chi connectivity index (χ0n) is 16.9. The summed E-state index contributed by atoms with van der Waals surface area (Å²) in [5.74, 6) is -5.44. The number of benzene rings is 2. The molecule has 2 N–H and O–H groups in total. The van der Waals surface area contributed by atoms with Crippen LogP contribution in [0.4, 0.5) is 23.2 Å². The summed E-state index contributed by atoms with van der Waals surface area (Å²) in [6.45, 7) is 0. The highest BCUT2D eigenvalue weighted by Gasteiger charge is 2.42. The number of hydrogen-bond donors (Lipinski definition) is 2. The van der Waals surface area contributed by atoms with Crippen LogP contribution >= 0.6 is 0 Å². The lowest BCUT2D eigenvalue weighted by molar-refractivity contribution is -0.153. The summed E-state index contributed by atoms with van der Waals surface area (Å²) in [4.78, 5) is 31.3. The molecule has 0 unspecified atom stereocenters. The molecule has 0 saturated heterocycles. The average Bonchev–Trinajstić information content (AvgIpc) is 3.26. The van der Waals surface area contributed by atoms with Gasteiger partial charge in [-0.05, 0) is 36.4 Å². The molecular weight excluding hydrogens is 458 g/mol. The largest absolute Gasteiger partial charge is 0.478 e. The van der Waals surface area contributed by atoms with Crippen LogP contribution in [0.2, 0.25) is 0 Å². The molecule has 0 saturated carbocycles. The second kappa shape index (κ2) is 8.77. The van der Waals surface area contributed by atoms with Crippen LogP contribution in [-0.2, 0) is 6.18 Å². The highest BCUT2D eigenvalue weighted by Crippen LogP contribution is 2.35. The fourth-order valence-electron chi connectivity index (χ4n) is 3.05. The third kappa shape index (κ3) is 4.63. The first-order chi connectivity index (χ1) is 16.1. The van der Waals surface area contributed by atoms with E-state index in [0.29, 0.717) is 0 Å². The summed E-state index contributed by atoms with van der Waals surface area (Å²) in [7, 11) is 0. The molecule has 4 rings (SSSR count). The fourth-order valence-corrected chi connectivity index (χ4v) is 3.05. The fraction of sp³-hybridized carbons (Fsp3) is 0.0435. The molecule has 0 aliphatic rings. The van der Waals surface area contributed by atoms with E-state index in [4.69, 9.17) is 9.52 Å². The SMILES string of the molecule is O=C(O)c1ccc(-c2ccc(NC(=O)c3nc(-c4ccccc4)oc3C(F)(F)F)cn2)cc1F. The number of amides is 1. The molecule has 2 aromatic carbocycles. The van der Waals surface area contributed by atoms with E-state index in [9.17, 15) is 27.2 Å². The summed E-state index contributed by atoms with van der Waals surface area (Å²) in [6.07, 6.45) is -3.80. The summed E-state index contributed by atoms with van der Waals surface area (Å²) in [5, 5.41) is 11.2. The molecular formula is C23H13F4N3O4. The number of carboxylic acids is 1. The van der Waals surface area contributed by atoms with Gasteiger partial charge in [-0.2, -0.15) is 13.2 Å². The first-order valence-electron chi connectivity index (χ1n) is 9.57. The quantitative estimate of drug-likeness (QED) is 0.372. The van der Waals surface area contributed by atoms with Crippen molar-refractivity contribution in [1.82, 2.24) is 9.97 Å². The predicted molar refractivity (Wildman–Crippen MR) is 111 cm³/mol. The Morgan fingerprint density at radius 2 is 1.71 bits per heavy atom. The number of rotatable bonds is 5. The second-order valence-corrected chi connectivity index (χ2v) is 6.95. The zero-order valence-corrected chi connectivity index (χ0v) is 16.9. The predicted octanol–water partition coefficient (Wildman–Crippen LogP) is 5.51. The molecule has 4 aromatic rings. The summed E-state index contributed by atoms with van der Waals surface area (Å²) in [5.41, 5.74) is -0.619. The maximum absolute atomic E-state index is 13.9. The summed E-state index contributed by atoms with van der Waals surface area (Å²) in [6, 6.07) is 14.0. The van der Waals surface area contributed by atoms with Crippen molar-refractivity contribution in [2.45, 2.75) is 6.18 Å². The molecule has 0 aliphatic carbocycles. The van der Waals surface area contributed by atoms with Crippen molar-refractivity contribution in [3.05, 3.63) is 89.7 Å². The monoisotopic (exact) mass is 471 g/mol. The Labute approximate surface area is 188 Å². The molecule has 0 aliphatic heterocycles. The molecule has 2 aromatic heterocycles. The van der Waals surface area contributed by atoms with Crippen LogP contribution in [0.3, 0.4) is 0 Å². The Bertz CT molecular complexity index is 1370. The van der Waals surface area contributed by atoms with Crippen LogP contribution in [0, 0.1) is 5.82 Å². The van der Waals surface area contributed by atoms with Gasteiger partial charge in [-0.25, -0.2) is 14.2 Å². The van der Waals surface area contributed by atoms with Gasteiger partial charge in [0.2, 0.25) is 11.7 Å². The normalized spacial score (nSPS) is 11.3. The Kier molecular flexibility index (Phi) is 5.84. The maximum Gasteiger partial charge on any atom is 0.452 e. The van der Waals surface area contributed by atoms with Gasteiger partial charge in [0.25, 0.3) is 5.91 Å². The van der Waals surface area contributed by atoms with E-state index in [1.807, 2.05) is 0 Å². The van der Waals surface area contributed by atoms with Crippen LogP contribution in [-0.4, -0.2) is 27.0 Å². The van der Waals surface area contributed by atoms with Gasteiger partial charge in [-0.15, -0.1) is 0 Å². The van der Waals surface area contributed by atoms with Crippen molar-refractivity contribution in [2.24, 2.45) is 0 Å². The molecule has 0 spiro atoms. The number of carbonyl (C=O) groups is 2. The topological polar surface area (TPSA) is 105 Å². The van der Waals surface area contributed by atoms with Crippen molar-refractivity contribution in [1.29, 1.82) is 0 Å². The molecule has 0 bridgehead atoms. The Hall–Kier alpha value is -4.54. The number of alkyl halides is 3. The van der Waals surface area contributed by atoms with Crippen molar-refractivity contribution < 1.29 is 36.7 Å². The maximum atomic E-state index is 13.9. The van der Waals surface area contributed by atoms with Crippen molar-refractivity contribution in [3.63, 3.8) is 0 Å². The first kappa shape index (κ1) is 22.6. The van der Waals surface area contributed by atoms with E-state index in [1.165, 1.54) is 30.3 Å². The van der Waals surface area contributed by atoms with Crippen LogP contribution in [0.25, 0.3) is 22.7 Å². The highest BCUT2D eigenvalue weighted by molar-refractivity contribution is 6.04. The number of carbonyl (C=O) groups excluding carboxylic acids is 1. The minimum atomic E-state index is -4.96. The van der Waals surface area contributed by atoms with Crippen molar-refractivity contribution in [2.75, 3.05) is 5.32 Å². The Morgan fingerprint density at radius 1 is 0.971 bits per heavy atom. The highest BCUT2D eigenvalue weighted by atomic mass is 19.4. The molecule has 1 amide bonds. The average molecular weight is 471 g/mol. The lowest BCUT2D eigenvalue weighted by atomic mass is 10.1. The van der Waals surface area contributed by atoms with E-state index >= 15 is 0 Å². The Morgan fingerprint density at radius 3 is 2.29 bits per heavy atom. The number of halogens is 4. The number of anilines is 1. The van der Waals surface area contributed by atoms with Crippen molar-refractivity contribution >= 4 is 17.6 Å². The van der Waals surface area contributed by atoms with Crippen LogP contribution in [0.15, 0.2) is 71.3 Å². The third-order valence-electron chi connectivity index (χ3n) is 4.64. The number of oxazole rings is 1. The molecule has 7 nitrogen and oxygen atoms in total. The van der Waals surface area contributed by atoms with E-state index < -0.39 is 40.9 Å². The lowest BCUT2D eigenvalue weighted by Crippen LogP contribution is -2.18. The van der Waals surface area contributed by atoms with Crippen LogP contribution in [0.5, 0.6) is 0 Å².